The number of piperazine rings is 1. The minimum Gasteiger partial charge on any atom is -0.369 e. The van der Waals surface area contributed by atoms with Crippen molar-refractivity contribution < 1.29 is 9.53 Å². The monoisotopic (exact) mass is 346 g/mol. The maximum atomic E-state index is 12.2. The molecule has 0 radical (unpaired) electrons. The van der Waals surface area contributed by atoms with E-state index >= 15 is 0 Å². The molecule has 2 aliphatic heterocycles. The maximum absolute atomic E-state index is 12.2. The van der Waals surface area contributed by atoms with E-state index in [0.717, 1.165) is 39.0 Å². The van der Waals surface area contributed by atoms with Gasteiger partial charge in [-0.1, -0.05) is 18.2 Å². The van der Waals surface area contributed by atoms with Crippen molar-refractivity contribution in [1.29, 1.82) is 0 Å². The fourth-order valence-electron chi connectivity index (χ4n) is 3.62. The molecule has 3 atom stereocenters. The van der Waals surface area contributed by atoms with Crippen LogP contribution < -0.4 is 16.0 Å². The minimum absolute atomic E-state index is 0.00530. The molecule has 0 aliphatic carbocycles. The summed E-state index contributed by atoms with van der Waals surface area (Å²) in [5, 5.41) is 3.05. The molecule has 0 spiro atoms. The number of nitrogens with zero attached hydrogens (tertiary/aromatic N) is 2. The van der Waals surface area contributed by atoms with E-state index in [1.165, 1.54) is 5.69 Å². The lowest BCUT2D eigenvalue weighted by Crippen LogP contribution is -2.53. The van der Waals surface area contributed by atoms with Gasteiger partial charge in [0.15, 0.2) is 0 Å². The summed E-state index contributed by atoms with van der Waals surface area (Å²) in [6, 6.07) is 10.9. The van der Waals surface area contributed by atoms with Crippen molar-refractivity contribution in [2.75, 3.05) is 44.2 Å². The van der Waals surface area contributed by atoms with Gasteiger partial charge >= 0.3 is 0 Å². The fourth-order valence-corrected chi connectivity index (χ4v) is 3.62. The number of hydrogen-bond acceptors (Lipinski definition) is 5. The Kier molecular flexibility index (Phi) is 6.29. The fraction of sp³-hybridized carbons (Fsp3) is 0.632. The predicted octanol–water partition coefficient (Wildman–Crippen LogP) is 0.820. The molecule has 1 unspecified atom stereocenters. The van der Waals surface area contributed by atoms with Crippen LogP contribution in [0.5, 0.6) is 0 Å². The summed E-state index contributed by atoms with van der Waals surface area (Å²) in [7, 11) is 0. The molecule has 1 amide bonds. The van der Waals surface area contributed by atoms with Gasteiger partial charge in [-0.15, -0.1) is 0 Å². The van der Waals surface area contributed by atoms with E-state index in [1.54, 1.807) is 0 Å². The summed E-state index contributed by atoms with van der Waals surface area (Å²) >= 11 is 0. The van der Waals surface area contributed by atoms with Crippen LogP contribution in [0.4, 0.5) is 5.69 Å². The Bertz CT molecular complexity index is 546. The number of hydrogen-bond donors (Lipinski definition) is 2. The van der Waals surface area contributed by atoms with E-state index in [0.29, 0.717) is 19.1 Å². The average molecular weight is 346 g/mol. The van der Waals surface area contributed by atoms with Gasteiger partial charge in [0.2, 0.25) is 5.91 Å². The van der Waals surface area contributed by atoms with Crippen molar-refractivity contribution in [1.82, 2.24) is 10.2 Å². The SMILES string of the molecule is CC(CNC(=O)[C@@H]1CC[C@H](CN)O1)N1CCN(c2ccccc2)CC1. The van der Waals surface area contributed by atoms with Crippen molar-refractivity contribution in [3.63, 3.8) is 0 Å². The van der Waals surface area contributed by atoms with Crippen molar-refractivity contribution in [2.45, 2.75) is 38.0 Å². The maximum Gasteiger partial charge on any atom is 0.249 e. The van der Waals surface area contributed by atoms with Crippen molar-refractivity contribution in [3.05, 3.63) is 30.3 Å². The summed E-state index contributed by atoms with van der Waals surface area (Å²) < 4.78 is 5.66. The molecule has 2 aliphatic rings. The molecular formula is C19H30N4O2. The Morgan fingerprint density at radius 2 is 1.96 bits per heavy atom. The lowest BCUT2D eigenvalue weighted by atomic mass is 10.1. The number of rotatable bonds is 6. The van der Waals surface area contributed by atoms with Gasteiger partial charge < -0.3 is 20.7 Å². The molecule has 6 heteroatoms. The van der Waals surface area contributed by atoms with Crippen LogP contribution in [-0.2, 0) is 9.53 Å². The summed E-state index contributed by atoms with van der Waals surface area (Å²) in [6.45, 7) is 7.40. The second kappa shape index (κ2) is 8.65. The highest BCUT2D eigenvalue weighted by Gasteiger charge is 2.30. The second-order valence-corrected chi connectivity index (χ2v) is 7.01. The van der Waals surface area contributed by atoms with Gasteiger partial charge in [-0.25, -0.2) is 0 Å². The van der Waals surface area contributed by atoms with E-state index in [-0.39, 0.29) is 18.1 Å². The largest absolute Gasteiger partial charge is 0.369 e. The number of ether oxygens (including phenoxy) is 1. The predicted molar refractivity (Wildman–Crippen MR) is 99.6 cm³/mol. The molecule has 138 valence electrons. The highest BCUT2D eigenvalue weighted by molar-refractivity contribution is 5.81. The first-order chi connectivity index (χ1) is 12.2. The average Bonchev–Trinajstić information content (AvgIpc) is 3.16. The molecule has 1 aromatic rings. The number of nitrogens with two attached hydrogens (primary N) is 1. The van der Waals surface area contributed by atoms with E-state index in [1.807, 2.05) is 6.07 Å². The molecule has 2 fully saturated rings. The lowest BCUT2D eigenvalue weighted by molar-refractivity contribution is -0.132. The molecular weight excluding hydrogens is 316 g/mol. The van der Waals surface area contributed by atoms with Gasteiger partial charge in [-0.05, 0) is 31.9 Å². The van der Waals surface area contributed by atoms with Crippen LogP contribution in [-0.4, -0.2) is 68.3 Å². The Morgan fingerprint density at radius 3 is 2.60 bits per heavy atom. The first-order valence-electron chi connectivity index (χ1n) is 9.34. The van der Waals surface area contributed by atoms with Crippen LogP contribution in [0.25, 0.3) is 0 Å². The van der Waals surface area contributed by atoms with E-state index < -0.39 is 0 Å². The lowest BCUT2D eigenvalue weighted by Gasteiger charge is -2.39. The van der Waals surface area contributed by atoms with Gasteiger partial charge in [-0.3, -0.25) is 9.69 Å². The van der Waals surface area contributed by atoms with E-state index in [9.17, 15) is 4.79 Å². The molecule has 25 heavy (non-hydrogen) atoms. The molecule has 6 nitrogen and oxygen atoms in total. The molecule has 0 saturated carbocycles. The van der Waals surface area contributed by atoms with Crippen LogP contribution in [0.2, 0.25) is 0 Å². The number of anilines is 1. The Labute approximate surface area is 150 Å². The topological polar surface area (TPSA) is 70.8 Å². The third-order valence-corrected chi connectivity index (χ3v) is 5.29. The Hall–Kier alpha value is -1.63. The summed E-state index contributed by atoms with van der Waals surface area (Å²) in [4.78, 5) is 17.1. The number of benzene rings is 1. The minimum atomic E-state index is -0.323. The van der Waals surface area contributed by atoms with Gasteiger partial charge in [0.05, 0.1) is 6.10 Å². The van der Waals surface area contributed by atoms with Crippen LogP contribution in [0.1, 0.15) is 19.8 Å². The zero-order valence-electron chi connectivity index (χ0n) is 15.1. The first kappa shape index (κ1) is 18.2. The third kappa shape index (κ3) is 4.71. The molecule has 1 aromatic carbocycles. The van der Waals surface area contributed by atoms with Gasteiger partial charge in [0.25, 0.3) is 0 Å². The van der Waals surface area contributed by atoms with E-state index in [4.69, 9.17) is 10.5 Å². The molecule has 0 bridgehead atoms. The van der Waals surface area contributed by atoms with Gasteiger partial charge in [0, 0.05) is 51.0 Å². The summed E-state index contributed by atoms with van der Waals surface area (Å²) in [6.07, 6.45) is 1.37. The van der Waals surface area contributed by atoms with Gasteiger partial charge in [0.1, 0.15) is 6.10 Å². The molecule has 0 aromatic heterocycles. The number of amides is 1. The number of nitrogens with one attached hydrogen (secondary N) is 1. The Balaban J connectivity index is 1.39. The highest BCUT2D eigenvalue weighted by atomic mass is 16.5. The molecule has 2 saturated heterocycles. The van der Waals surface area contributed by atoms with Crippen LogP contribution >= 0.6 is 0 Å². The number of carbonyl (C=O) groups excluding carboxylic acids is 1. The highest BCUT2D eigenvalue weighted by Crippen LogP contribution is 2.19. The van der Waals surface area contributed by atoms with Crippen molar-refractivity contribution in [3.8, 4) is 0 Å². The quantitative estimate of drug-likeness (QED) is 0.798. The molecule has 3 N–H and O–H groups in total. The number of carbonyl (C=O) groups is 1. The van der Waals surface area contributed by atoms with Crippen LogP contribution in [0, 0.1) is 0 Å². The molecule has 3 rings (SSSR count). The number of para-hydroxylation sites is 1. The third-order valence-electron chi connectivity index (χ3n) is 5.29. The second-order valence-electron chi connectivity index (χ2n) is 7.01. The van der Waals surface area contributed by atoms with Gasteiger partial charge in [-0.2, -0.15) is 0 Å². The smallest absolute Gasteiger partial charge is 0.249 e. The zero-order valence-corrected chi connectivity index (χ0v) is 15.1. The normalized spacial score (nSPS) is 25.8. The van der Waals surface area contributed by atoms with E-state index in [2.05, 4.69) is 46.3 Å². The standard InChI is InChI=1S/C19H30N4O2/c1-15(14-21-19(24)18-8-7-17(13-20)25-18)22-9-11-23(12-10-22)16-5-3-2-4-6-16/h2-6,15,17-18H,7-14,20H2,1H3,(H,21,24)/t15?,17-,18+/m1/s1. The zero-order chi connectivity index (χ0) is 17.6. The summed E-state index contributed by atoms with van der Waals surface area (Å²) in [5.41, 5.74) is 6.89. The van der Waals surface area contributed by atoms with Crippen LogP contribution in [0.3, 0.4) is 0 Å². The molecule has 2 heterocycles. The Morgan fingerprint density at radius 1 is 1.24 bits per heavy atom. The van der Waals surface area contributed by atoms with Crippen molar-refractivity contribution >= 4 is 11.6 Å². The summed E-state index contributed by atoms with van der Waals surface area (Å²) in [5.74, 6) is 0.00530. The van der Waals surface area contributed by atoms with Crippen LogP contribution in [0.15, 0.2) is 30.3 Å². The van der Waals surface area contributed by atoms with Crippen molar-refractivity contribution in [2.24, 2.45) is 5.73 Å². The first-order valence-corrected chi connectivity index (χ1v) is 9.34.